The first-order chi connectivity index (χ1) is 12.7. The number of hydrogen-bond acceptors (Lipinski definition) is 2. The molecule has 2 aliphatic heterocycles. The van der Waals surface area contributed by atoms with E-state index < -0.39 is 0 Å². The third-order valence-corrected chi connectivity index (χ3v) is 6.76. The number of rotatable bonds is 4. The Balaban J connectivity index is 1.39. The van der Waals surface area contributed by atoms with Gasteiger partial charge in [0.2, 0.25) is 5.91 Å². The fraction of sp³-hybridized carbons (Fsp3) is 0.682. The van der Waals surface area contributed by atoms with Gasteiger partial charge in [-0.25, -0.2) is 4.39 Å². The molecular weight excluding hydrogens is 327 g/mol. The molecule has 0 radical (unpaired) electrons. The first-order valence-electron chi connectivity index (χ1n) is 10.5. The van der Waals surface area contributed by atoms with Crippen molar-refractivity contribution in [1.82, 2.24) is 9.80 Å². The van der Waals surface area contributed by atoms with Crippen LogP contribution < -0.4 is 0 Å². The van der Waals surface area contributed by atoms with E-state index in [1.54, 1.807) is 12.1 Å². The van der Waals surface area contributed by atoms with Gasteiger partial charge in [0.25, 0.3) is 0 Å². The second kappa shape index (κ2) is 8.08. The summed E-state index contributed by atoms with van der Waals surface area (Å²) in [4.78, 5) is 17.7. The lowest BCUT2D eigenvalue weighted by Crippen LogP contribution is -2.42. The van der Waals surface area contributed by atoms with Crippen molar-refractivity contribution < 1.29 is 9.18 Å². The van der Waals surface area contributed by atoms with Crippen molar-refractivity contribution in [2.24, 2.45) is 11.8 Å². The number of benzene rings is 1. The number of carbonyl (C=O) groups is 1. The number of nitrogens with zero attached hydrogens (tertiary/aromatic N) is 2. The van der Waals surface area contributed by atoms with E-state index in [-0.39, 0.29) is 5.82 Å². The van der Waals surface area contributed by atoms with Gasteiger partial charge in [-0.15, -0.1) is 0 Å². The van der Waals surface area contributed by atoms with E-state index in [1.165, 1.54) is 37.7 Å². The Kier molecular flexibility index (Phi) is 5.58. The van der Waals surface area contributed by atoms with Gasteiger partial charge in [-0.2, -0.15) is 0 Å². The van der Waals surface area contributed by atoms with Gasteiger partial charge in [0.1, 0.15) is 5.82 Å². The predicted octanol–water partition coefficient (Wildman–Crippen LogP) is 3.87. The second-order valence-corrected chi connectivity index (χ2v) is 8.46. The summed E-state index contributed by atoms with van der Waals surface area (Å²) in [7, 11) is 0. The smallest absolute Gasteiger partial charge is 0.225 e. The molecule has 1 aromatic carbocycles. The van der Waals surface area contributed by atoms with Crippen molar-refractivity contribution in [3.63, 3.8) is 0 Å². The van der Waals surface area contributed by atoms with Crippen molar-refractivity contribution >= 4 is 5.91 Å². The lowest BCUT2D eigenvalue weighted by molar-refractivity contribution is -0.134. The topological polar surface area (TPSA) is 23.6 Å². The van der Waals surface area contributed by atoms with Crippen LogP contribution in [0.4, 0.5) is 4.39 Å². The van der Waals surface area contributed by atoms with Crippen LogP contribution in [0.25, 0.3) is 0 Å². The summed E-state index contributed by atoms with van der Waals surface area (Å²) in [5.41, 5.74) is 1.20. The maximum absolute atomic E-state index is 13.1. The van der Waals surface area contributed by atoms with E-state index in [4.69, 9.17) is 0 Å². The number of fused-ring (bicyclic) bond motifs is 1. The molecular formula is C22H31FN2O. The van der Waals surface area contributed by atoms with Crippen LogP contribution >= 0.6 is 0 Å². The van der Waals surface area contributed by atoms with E-state index in [1.807, 2.05) is 12.1 Å². The highest BCUT2D eigenvalue weighted by molar-refractivity contribution is 5.79. The minimum atomic E-state index is -0.166. The van der Waals surface area contributed by atoms with E-state index in [2.05, 4.69) is 9.80 Å². The third kappa shape index (κ3) is 3.95. The van der Waals surface area contributed by atoms with Crippen LogP contribution in [0.5, 0.6) is 0 Å². The average molecular weight is 359 g/mol. The molecule has 142 valence electrons. The molecule has 26 heavy (non-hydrogen) atoms. The molecule has 1 aliphatic carbocycles. The molecule has 2 atom stereocenters. The Labute approximate surface area is 156 Å². The Morgan fingerprint density at radius 3 is 2.50 bits per heavy atom. The molecule has 0 spiro atoms. The first-order valence-corrected chi connectivity index (χ1v) is 10.5. The SMILES string of the molecule is O=C(C1CCCC1)N1C[C@@H]2CCCCN(CCc3ccc(F)cc3)[C@@H]2C1. The van der Waals surface area contributed by atoms with Gasteiger partial charge < -0.3 is 4.90 Å². The van der Waals surface area contributed by atoms with Crippen LogP contribution in [-0.4, -0.2) is 47.9 Å². The van der Waals surface area contributed by atoms with Crippen LogP contribution in [-0.2, 0) is 11.2 Å². The monoisotopic (exact) mass is 358 g/mol. The standard InChI is InChI=1S/C22H31FN2O/c23-20-10-8-17(9-11-20)12-14-24-13-4-3-7-19-15-25(16-21(19)24)22(26)18-5-1-2-6-18/h8-11,18-19,21H,1-7,12-16H2/t19-,21+/m0/s1. The summed E-state index contributed by atoms with van der Waals surface area (Å²) >= 11 is 0. The van der Waals surface area contributed by atoms with E-state index in [9.17, 15) is 9.18 Å². The summed E-state index contributed by atoms with van der Waals surface area (Å²) in [6, 6.07) is 7.42. The van der Waals surface area contributed by atoms with E-state index >= 15 is 0 Å². The Bertz CT molecular complexity index is 611. The minimum Gasteiger partial charge on any atom is -0.341 e. The van der Waals surface area contributed by atoms with Crippen LogP contribution in [0.3, 0.4) is 0 Å². The largest absolute Gasteiger partial charge is 0.341 e. The average Bonchev–Trinajstić information content (AvgIpc) is 3.29. The van der Waals surface area contributed by atoms with E-state index in [0.717, 1.165) is 45.4 Å². The maximum Gasteiger partial charge on any atom is 0.225 e. The Hall–Kier alpha value is -1.42. The molecule has 3 fully saturated rings. The zero-order valence-corrected chi connectivity index (χ0v) is 15.7. The van der Waals surface area contributed by atoms with Gasteiger partial charge in [-0.3, -0.25) is 9.69 Å². The lowest BCUT2D eigenvalue weighted by Gasteiger charge is -2.30. The van der Waals surface area contributed by atoms with Gasteiger partial charge in [-0.05, 0) is 62.3 Å². The normalized spacial score (nSPS) is 27.5. The first kappa shape index (κ1) is 18.0. The minimum absolute atomic E-state index is 0.166. The van der Waals surface area contributed by atoms with Gasteiger partial charge >= 0.3 is 0 Å². The molecule has 0 aromatic heterocycles. The van der Waals surface area contributed by atoms with Crippen molar-refractivity contribution in [1.29, 1.82) is 0 Å². The third-order valence-electron chi connectivity index (χ3n) is 6.76. The summed E-state index contributed by atoms with van der Waals surface area (Å²) < 4.78 is 13.1. The van der Waals surface area contributed by atoms with Gasteiger partial charge in [0, 0.05) is 31.6 Å². The lowest BCUT2D eigenvalue weighted by atomic mass is 9.98. The van der Waals surface area contributed by atoms with Crippen molar-refractivity contribution in [3.8, 4) is 0 Å². The molecule has 1 aromatic rings. The summed E-state index contributed by atoms with van der Waals surface area (Å²) in [5.74, 6) is 1.19. The van der Waals surface area contributed by atoms with Crippen LogP contribution in [0.2, 0.25) is 0 Å². The fourth-order valence-corrected chi connectivity index (χ4v) is 5.25. The highest BCUT2D eigenvalue weighted by Crippen LogP contribution is 2.33. The Morgan fingerprint density at radius 2 is 1.73 bits per heavy atom. The number of amides is 1. The van der Waals surface area contributed by atoms with Crippen LogP contribution in [0.1, 0.15) is 50.5 Å². The molecule has 2 saturated heterocycles. The highest BCUT2D eigenvalue weighted by atomic mass is 19.1. The molecule has 3 aliphatic rings. The zero-order chi connectivity index (χ0) is 17.9. The maximum atomic E-state index is 13.1. The molecule has 2 heterocycles. The highest BCUT2D eigenvalue weighted by Gasteiger charge is 2.41. The van der Waals surface area contributed by atoms with Gasteiger partial charge in [-0.1, -0.05) is 31.4 Å². The summed E-state index contributed by atoms with van der Waals surface area (Å²) in [6.07, 6.45) is 9.39. The van der Waals surface area contributed by atoms with Crippen molar-refractivity contribution in [2.45, 2.75) is 57.4 Å². The zero-order valence-electron chi connectivity index (χ0n) is 15.7. The summed E-state index contributed by atoms with van der Waals surface area (Å²) in [5, 5.41) is 0. The number of halogens is 1. The number of hydrogen-bond donors (Lipinski definition) is 0. The van der Waals surface area contributed by atoms with Gasteiger partial charge in [0.05, 0.1) is 0 Å². The Morgan fingerprint density at radius 1 is 1.00 bits per heavy atom. The van der Waals surface area contributed by atoms with Crippen molar-refractivity contribution in [3.05, 3.63) is 35.6 Å². The molecule has 4 heteroatoms. The molecule has 0 unspecified atom stereocenters. The number of likely N-dealkylation sites (tertiary alicyclic amines) is 2. The summed E-state index contributed by atoms with van der Waals surface area (Å²) in [6.45, 7) is 4.03. The molecule has 0 N–H and O–H groups in total. The van der Waals surface area contributed by atoms with Crippen molar-refractivity contribution in [2.75, 3.05) is 26.2 Å². The van der Waals surface area contributed by atoms with Gasteiger partial charge in [0.15, 0.2) is 0 Å². The van der Waals surface area contributed by atoms with Crippen LogP contribution in [0.15, 0.2) is 24.3 Å². The quantitative estimate of drug-likeness (QED) is 0.816. The predicted molar refractivity (Wildman–Crippen MR) is 101 cm³/mol. The van der Waals surface area contributed by atoms with E-state index in [0.29, 0.717) is 23.8 Å². The molecule has 1 amide bonds. The van der Waals surface area contributed by atoms with Crippen LogP contribution in [0, 0.1) is 17.7 Å². The molecule has 3 nitrogen and oxygen atoms in total. The molecule has 4 rings (SSSR count). The second-order valence-electron chi connectivity index (χ2n) is 8.46. The fourth-order valence-electron chi connectivity index (χ4n) is 5.25. The molecule has 0 bridgehead atoms. The number of carbonyl (C=O) groups excluding carboxylic acids is 1. The molecule has 1 saturated carbocycles.